The Morgan fingerprint density at radius 1 is 1.50 bits per heavy atom. The van der Waals surface area contributed by atoms with Crippen LogP contribution in [0.1, 0.15) is 56.7 Å². The van der Waals surface area contributed by atoms with Crippen LogP contribution in [0.4, 0.5) is 0 Å². The van der Waals surface area contributed by atoms with Gasteiger partial charge in [0.2, 0.25) is 5.89 Å². The van der Waals surface area contributed by atoms with Gasteiger partial charge in [0, 0.05) is 5.92 Å². The fourth-order valence-corrected chi connectivity index (χ4v) is 5.07. The standard InChI is InChI=1S/C13H21N3O3S/c1-2-5-13(6-3-7-14-13)12-15-11(16-19-12)10-4-8-20(17,18)9-10/h10,14H,2-9H2,1H3. The molecule has 0 aliphatic carbocycles. The van der Waals surface area contributed by atoms with Crippen molar-refractivity contribution in [1.82, 2.24) is 15.5 Å². The predicted molar refractivity (Wildman–Crippen MR) is 74.1 cm³/mol. The normalized spacial score (nSPS) is 32.8. The minimum atomic E-state index is -2.92. The van der Waals surface area contributed by atoms with Crippen molar-refractivity contribution < 1.29 is 12.9 Å². The molecule has 0 spiro atoms. The fraction of sp³-hybridized carbons (Fsp3) is 0.846. The molecule has 20 heavy (non-hydrogen) atoms. The second-order valence-corrected chi connectivity index (χ2v) is 8.15. The van der Waals surface area contributed by atoms with Crippen LogP contribution in [0.5, 0.6) is 0 Å². The molecule has 0 aromatic carbocycles. The van der Waals surface area contributed by atoms with Crippen molar-refractivity contribution in [2.75, 3.05) is 18.1 Å². The van der Waals surface area contributed by atoms with Crippen molar-refractivity contribution in [2.24, 2.45) is 0 Å². The molecule has 0 amide bonds. The van der Waals surface area contributed by atoms with Crippen molar-refractivity contribution >= 4 is 9.84 Å². The van der Waals surface area contributed by atoms with E-state index in [-0.39, 0.29) is 23.0 Å². The maximum Gasteiger partial charge on any atom is 0.246 e. The molecule has 1 N–H and O–H groups in total. The Kier molecular flexibility index (Phi) is 3.58. The highest BCUT2D eigenvalue weighted by atomic mass is 32.2. The van der Waals surface area contributed by atoms with Gasteiger partial charge >= 0.3 is 0 Å². The summed E-state index contributed by atoms with van der Waals surface area (Å²) in [5.74, 6) is 1.49. The second kappa shape index (κ2) is 5.11. The Balaban J connectivity index is 1.83. The Bertz CT molecular complexity index is 575. The van der Waals surface area contributed by atoms with Gasteiger partial charge in [0.05, 0.1) is 17.0 Å². The Hall–Kier alpha value is -0.950. The minimum absolute atomic E-state index is 0.0995. The molecule has 2 saturated heterocycles. The van der Waals surface area contributed by atoms with E-state index in [0.29, 0.717) is 18.1 Å². The number of aromatic nitrogens is 2. The van der Waals surface area contributed by atoms with Gasteiger partial charge in [-0.15, -0.1) is 0 Å². The highest BCUT2D eigenvalue weighted by Gasteiger charge is 2.41. The van der Waals surface area contributed by atoms with Crippen LogP contribution in [-0.4, -0.2) is 36.6 Å². The molecule has 7 heteroatoms. The molecule has 0 radical (unpaired) electrons. The van der Waals surface area contributed by atoms with E-state index < -0.39 is 9.84 Å². The van der Waals surface area contributed by atoms with Crippen LogP contribution >= 0.6 is 0 Å². The summed E-state index contributed by atoms with van der Waals surface area (Å²) in [6.45, 7) is 3.11. The minimum Gasteiger partial charge on any atom is -0.337 e. The molecule has 112 valence electrons. The monoisotopic (exact) mass is 299 g/mol. The topological polar surface area (TPSA) is 85.1 Å². The van der Waals surface area contributed by atoms with Gasteiger partial charge in [0.1, 0.15) is 0 Å². The van der Waals surface area contributed by atoms with Crippen LogP contribution in [0.2, 0.25) is 0 Å². The molecule has 2 fully saturated rings. The Labute approximate surface area is 119 Å². The van der Waals surface area contributed by atoms with Crippen LogP contribution in [0.3, 0.4) is 0 Å². The van der Waals surface area contributed by atoms with Crippen molar-refractivity contribution in [2.45, 2.75) is 50.5 Å². The molecule has 1 aromatic rings. The predicted octanol–water partition coefficient (Wildman–Crippen LogP) is 1.35. The van der Waals surface area contributed by atoms with E-state index in [1.165, 1.54) is 0 Å². The number of sulfone groups is 1. The third-order valence-electron chi connectivity index (χ3n) is 4.37. The maximum absolute atomic E-state index is 11.5. The molecule has 6 nitrogen and oxygen atoms in total. The summed E-state index contributed by atoms with van der Waals surface area (Å²) in [5, 5.41) is 7.54. The molecule has 2 atom stereocenters. The van der Waals surface area contributed by atoms with E-state index in [1.54, 1.807) is 0 Å². The Morgan fingerprint density at radius 2 is 2.35 bits per heavy atom. The first kappa shape index (κ1) is 14.0. The van der Waals surface area contributed by atoms with Gasteiger partial charge in [0.15, 0.2) is 15.7 Å². The molecular weight excluding hydrogens is 278 g/mol. The average molecular weight is 299 g/mol. The van der Waals surface area contributed by atoms with Gasteiger partial charge in [0.25, 0.3) is 0 Å². The fourth-order valence-electron chi connectivity index (χ4n) is 3.33. The van der Waals surface area contributed by atoms with Crippen LogP contribution in [-0.2, 0) is 15.4 Å². The number of nitrogens with zero attached hydrogens (tertiary/aromatic N) is 2. The van der Waals surface area contributed by atoms with Crippen LogP contribution < -0.4 is 5.32 Å². The lowest BCUT2D eigenvalue weighted by Crippen LogP contribution is -2.37. The SMILES string of the molecule is CCCC1(c2nc(C3CCS(=O)(=O)C3)no2)CCCN1. The van der Waals surface area contributed by atoms with Gasteiger partial charge < -0.3 is 9.84 Å². The molecule has 0 saturated carbocycles. The van der Waals surface area contributed by atoms with Gasteiger partial charge in [-0.3, -0.25) is 0 Å². The lowest BCUT2D eigenvalue weighted by atomic mass is 9.92. The maximum atomic E-state index is 11.5. The largest absolute Gasteiger partial charge is 0.337 e. The summed E-state index contributed by atoms with van der Waals surface area (Å²) in [5.41, 5.74) is -0.197. The molecule has 3 rings (SSSR count). The van der Waals surface area contributed by atoms with Crippen molar-refractivity contribution in [3.8, 4) is 0 Å². The van der Waals surface area contributed by atoms with Gasteiger partial charge in [-0.1, -0.05) is 18.5 Å². The third-order valence-corrected chi connectivity index (χ3v) is 6.14. The van der Waals surface area contributed by atoms with E-state index in [1.807, 2.05) is 0 Å². The van der Waals surface area contributed by atoms with Crippen molar-refractivity contribution in [1.29, 1.82) is 0 Å². The van der Waals surface area contributed by atoms with Crippen LogP contribution in [0.25, 0.3) is 0 Å². The van der Waals surface area contributed by atoms with E-state index in [0.717, 1.165) is 32.2 Å². The summed E-state index contributed by atoms with van der Waals surface area (Å²) >= 11 is 0. The van der Waals surface area contributed by atoms with Crippen molar-refractivity contribution in [3.05, 3.63) is 11.7 Å². The lowest BCUT2D eigenvalue weighted by Gasteiger charge is -2.24. The molecule has 3 heterocycles. The Morgan fingerprint density at radius 3 is 2.95 bits per heavy atom. The molecule has 0 bridgehead atoms. The molecule has 2 unspecified atom stereocenters. The zero-order chi connectivity index (χ0) is 14.2. The zero-order valence-corrected chi connectivity index (χ0v) is 12.6. The first-order valence-electron chi connectivity index (χ1n) is 7.34. The summed E-state index contributed by atoms with van der Waals surface area (Å²) in [7, 11) is -2.92. The highest BCUT2D eigenvalue weighted by molar-refractivity contribution is 7.91. The summed E-state index contributed by atoms with van der Waals surface area (Å²) in [6, 6.07) is 0. The van der Waals surface area contributed by atoms with E-state index >= 15 is 0 Å². The van der Waals surface area contributed by atoms with Gasteiger partial charge in [-0.05, 0) is 32.2 Å². The lowest BCUT2D eigenvalue weighted by molar-refractivity contribution is 0.240. The van der Waals surface area contributed by atoms with Gasteiger partial charge in [-0.25, -0.2) is 8.42 Å². The van der Waals surface area contributed by atoms with Crippen molar-refractivity contribution in [3.63, 3.8) is 0 Å². The zero-order valence-electron chi connectivity index (χ0n) is 11.8. The number of rotatable bonds is 4. The van der Waals surface area contributed by atoms with E-state index in [9.17, 15) is 8.42 Å². The molecule has 2 aliphatic rings. The van der Waals surface area contributed by atoms with E-state index in [2.05, 4.69) is 22.4 Å². The van der Waals surface area contributed by atoms with Crippen LogP contribution in [0, 0.1) is 0 Å². The molecular formula is C13H21N3O3S. The highest BCUT2D eigenvalue weighted by Crippen LogP contribution is 2.35. The average Bonchev–Trinajstić information content (AvgIpc) is 3.08. The summed E-state index contributed by atoms with van der Waals surface area (Å²) < 4.78 is 28.6. The first-order valence-corrected chi connectivity index (χ1v) is 9.16. The second-order valence-electron chi connectivity index (χ2n) is 5.92. The van der Waals surface area contributed by atoms with E-state index in [4.69, 9.17) is 4.52 Å². The van der Waals surface area contributed by atoms with Crippen LogP contribution in [0.15, 0.2) is 4.52 Å². The third kappa shape index (κ3) is 2.48. The first-order chi connectivity index (χ1) is 9.55. The molecule has 2 aliphatic heterocycles. The summed E-state index contributed by atoms with van der Waals surface area (Å²) in [4.78, 5) is 4.53. The summed E-state index contributed by atoms with van der Waals surface area (Å²) in [6.07, 6.45) is 4.73. The molecule has 1 aromatic heterocycles. The number of hydrogen-bond donors (Lipinski definition) is 1. The number of hydrogen-bond acceptors (Lipinski definition) is 6. The number of nitrogens with one attached hydrogen (secondary N) is 1. The smallest absolute Gasteiger partial charge is 0.246 e. The quantitative estimate of drug-likeness (QED) is 0.903. The van der Waals surface area contributed by atoms with Gasteiger partial charge in [-0.2, -0.15) is 4.98 Å².